The van der Waals surface area contributed by atoms with Crippen LogP contribution in [0.5, 0.6) is 0 Å². The third-order valence-corrected chi connectivity index (χ3v) is 9.89. The maximum absolute atomic E-state index is 12.0. The highest BCUT2D eigenvalue weighted by Gasteiger charge is 2.60. The zero-order valence-corrected chi connectivity index (χ0v) is 16.4. The lowest BCUT2D eigenvalue weighted by Crippen LogP contribution is -2.53. The zero-order valence-electron chi connectivity index (χ0n) is 16.4. The molecule has 0 heterocycles. The van der Waals surface area contributed by atoms with Crippen molar-refractivity contribution >= 4 is 5.78 Å². The second-order valence-corrected chi connectivity index (χ2v) is 10.5. The molecule has 8 atom stereocenters. The minimum absolute atomic E-state index is 0.479. The van der Waals surface area contributed by atoms with E-state index in [1.165, 1.54) is 51.4 Å². The number of hydrogen-bond acceptors (Lipinski definition) is 1. The number of carbonyl (C=O) groups is 1. The molecule has 0 saturated heterocycles. The molecule has 4 fully saturated rings. The van der Waals surface area contributed by atoms with Crippen LogP contribution in [-0.2, 0) is 4.79 Å². The molecule has 0 bridgehead atoms. The molecule has 0 aliphatic heterocycles. The second kappa shape index (κ2) is 5.85. The fourth-order valence-corrected chi connectivity index (χ4v) is 8.31. The predicted octanol–water partition coefficient (Wildman–Crippen LogP) is 6.26. The van der Waals surface area contributed by atoms with E-state index in [9.17, 15) is 4.79 Å². The van der Waals surface area contributed by atoms with Crippen LogP contribution in [0.3, 0.4) is 0 Å². The van der Waals surface area contributed by atoms with E-state index < -0.39 is 0 Å². The molecule has 0 spiro atoms. The summed E-state index contributed by atoms with van der Waals surface area (Å²) in [6.07, 6.45) is 13.0. The van der Waals surface area contributed by atoms with E-state index in [0.29, 0.717) is 22.5 Å². The third kappa shape index (κ3) is 2.28. The first-order valence-corrected chi connectivity index (χ1v) is 10.9. The average molecular weight is 331 g/mol. The average Bonchev–Trinajstić information content (AvgIpc) is 2.92. The van der Waals surface area contributed by atoms with Crippen molar-refractivity contribution in [1.29, 1.82) is 0 Å². The fraction of sp³-hybridized carbons (Fsp3) is 0.957. The first-order valence-electron chi connectivity index (χ1n) is 10.9. The maximum atomic E-state index is 12.0. The lowest BCUT2D eigenvalue weighted by atomic mass is 9.44. The molecule has 1 heteroatoms. The Morgan fingerprint density at radius 1 is 1.00 bits per heavy atom. The molecule has 4 saturated carbocycles. The van der Waals surface area contributed by atoms with Gasteiger partial charge in [-0.1, -0.05) is 34.1 Å². The molecule has 136 valence electrons. The topological polar surface area (TPSA) is 17.1 Å². The number of fused-ring (bicyclic) bond motifs is 5. The standard InChI is InChI=1S/C23H38O/c1-5-15(2)19-8-9-20-18-7-6-16-14-17(24)10-12-22(16,3)21(18)11-13-23(19,20)4/h15-16,18-21H,5-14H2,1-4H3/t15?,16?,18?,19?,20?,21?,22?,23-/m1/s1. The number of hydrogen-bond donors (Lipinski definition) is 0. The predicted molar refractivity (Wildman–Crippen MR) is 99.7 cm³/mol. The molecular weight excluding hydrogens is 292 g/mol. The number of ketones is 1. The summed E-state index contributed by atoms with van der Waals surface area (Å²) in [4.78, 5) is 12.0. The molecular formula is C23H38O. The molecule has 7 unspecified atom stereocenters. The van der Waals surface area contributed by atoms with Gasteiger partial charge in [0.25, 0.3) is 0 Å². The van der Waals surface area contributed by atoms with E-state index >= 15 is 0 Å². The Morgan fingerprint density at radius 2 is 1.75 bits per heavy atom. The van der Waals surface area contributed by atoms with Crippen molar-refractivity contribution in [2.45, 2.75) is 91.9 Å². The van der Waals surface area contributed by atoms with Crippen LogP contribution in [-0.4, -0.2) is 5.78 Å². The van der Waals surface area contributed by atoms with E-state index in [-0.39, 0.29) is 0 Å². The molecule has 4 aliphatic rings. The SMILES string of the molecule is CCC(C)C1CCC2C3CCC4CC(=O)CCC4(C)C3CC[C@]12C. The van der Waals surface area contributed by atoms with Crippen molar-refractivity contribution in [3.05, 3.63) is 0 Å². The Hall–Kier alpha value is -0.330. The van der Waals surface area contributed by atoms with Gasteiger partial charge in [-0.25, -0.2) is 0 Å². The van der Waals surface area contributed by atoms with Crippen molar-refractivity contribution in [1.82, 2.24) is 0 Å². The van der Waals surface area contributed by atoms with Crippen molar-refractivity contribution in [3.8, 4) is 0 Å². The molecule has 0 aromatic rings. The van der Waals surface area contributed by atoms with Crippen molar-refractivity contribution in [2.75, 3.05) is 0 Å². The summed E-state index contributed by atoms with van der Waals surface area (Å²) in [6.45, 7) is 10.1. The Kier molecular flexibility index (Phi) is 4.17. The fourth-order valence-electron chi connectivity index (χ4n) is 8.31. The monoisotopic (exact) mass is 330 g/mol. The van der Waals surface area contributed by atoms with Crippen LogP contribution < -0.4 is 0 Å². The summed E-state index contributed by atoms with van der Waals surface area (Å²) in [5.74, 6) is 5.98. The molecule has 0 aromatic carbocycles. The van der Waals surface area contributed by atoms with Gasteiger partial charge in [-0.15, -0.1) is 0 Å². The van der Waals surface area contributed by atoms with Gasteiger partial charge in [0.05, 0.1) is 0 Å². The Bertz CT molecular complexity index is 510. The first-order chi connectivity index (χ1) is 11.4. The van der Waals surface area contributed by atoms with Gasteiger partial charge in [0.1, 0.15) is 5.78 Å². The minimum Gasteiger partial charge on any atom is -0.300 e. The summed E-state index contributed by atoms with van der Waals surface area (Å²) in [7, 11) is 0. The normalized spacial score (nSPS) is 52.3. The summed E-state index contributed by atoms with van der Waals surface area (Å²) in [6, 6.07) is 0. The lowest BCUT2D eigenvalue weighted by Gasteiger charge is -2.60. The van der Waals surface area contributed by atoms with E-state index in [2.05, 4.69) is 27.7 Å². The molecule has 0 N–H and O–H groups in total. The van der Waals surface area contributed by atoms with Gasteiger partial charge in [0.2, 0.25) is 0 Å². The van der Waals surface area contributed by atoms with Crippen LogP contribution in [0.15, 0.2) is 0 Å². The van der Waals surface area contributed by atoms with E-state index in [0.717, 1.165) is 42.4 Å². The summed E-state index contributed by atoms with van der Waals surface area (Å²) in [5, 5.41) is 0. The van der Waals surface area contributed by atoms with Gasteiger partial charge in [-0.05, 0) is 91.3 Å². The molecule has 4 aliphatic carbocycles. The molecule has 4 rings (SSSR count). The van der Waals surface area contributed by atoms with E-state index in [1.54, 1.807) is 0 Å². The zero-order chi connectivity index (χ0) is 17.1. The maximum Gasteiger partial charge on any atom is 0.133 e. The van der Waals surface area contributed by atoms with Crippen LogP contribution in [0.4, 0.5) is 0 Å². The largest absolute Gasteiger partial charge is 0.300 e. The highest BCUT2D eigenvalue weighted by atomic mass is 16.1. The number of Topliss-reactive ketones (excluding diaryl/α,β-unsaturated/α-hetero) is 1. The Labute approximate surface area is 149 Å². The van der Waals surface area contributed by atoms with Gasteiger partial charge >= 0.3 is 0 Å². The number of carbonyl (C=O) groups excluding carboxylic acids is 1. The lowest BCUT2D eigenvalue weighted by molar-refractivity contribution is -0.140. The van der Waals surface area contributed by atoms with Gasteiger partial charge < -0.3 is 0 Å². The van der Waals surface area contributed by atoms with Gasteiger partial charge in [0, 0.05) is 12.8 Å². The van der Waals surface area contributed by atoms with Gasteiger partial charge in [-0.2, -0.15) is 0 Å². The van der Waals surface area contributed by atoms with E-state index in [4.69, 9.17) is 0 Å². The molecule has 0 aromatic heterocycles. The van der Waals surface area contributed by atoms with Crippen LogP contribution in [0.1, 0.15) is 91.9 Å². The quantitative estimate of drug-likeness (QED) is 0.584. The smallest absolute Gasteiger partial charge is 0.133 e. The molecule has 1 nitrogen and oxygen atoms in total. The van der Waals surface area contributed by atoms with Crippen molar-refractivity contribution in [2.24, 2.45) is 46.3 Å². The number of rotatable bonds is 2. The summed E-state index contributed by atoms with van der Waals surface area (Å²) < 4.78 is 0. The highest BCUT2D eigenvalue weighted by molar-refractivity contribution is 5.79. The van der Waals surface area contributed by atoms with Crippen LogP contribution in [0.25, 0.3) is 0 Å². The third-order valence-electron chi connectivity index (χ3n) is 9.89. The second-order valence-electron chi connectivity index (χ2n) is 10.5. The van der Waals surface area contributed by atoms with Crippen LogP contribution in [0.2, 0.25) is 0 Å². The molecule has 0 radical (unpaired) electrons. The minimum atomic E-state index is 0.479. The molecule has 24 heavy (non-hydrogen) atoms. The Morgan fingerprint density at radius 3 is 2.50 bits per heavy atom. The highest BCUT2D eigenvalue weighted by Crippen LogP contribution is 2.68. The summed E-state index contributed by atoms with van der Waals surface area (Å²) >= 11 is 0. The van der Waals surface area contributed by atoms with Crippen LogP contribution >= 0.6 is 0 Å². The van der Waals surface area contributed by atoms with E-state index in [1.807, 2.05) is 0 Å². The first kappa shape index (κ1) is 17.1. The summed E-state index contributed by atoms with van der Waals surface area (Å²) in [5.41, 5.74) is 1.09. The molecule has 0 amide bonds. The van der Waals surface area contributed by atoms with Crippen molar-refractivity contribution in [3.63, 3.8) is 0 Å². The van der Waals surface area contributed by atoms with Crippen molar-refractivity contribution < 1.29 is 4.79 Å². The Balaban J connectivity index is 1.60. The van der Waals surface area contributed by atoms with Crippen LogP contribution in [0, 0.1) is 46.3 Å². The van der Waals surface area contributed by atoms with Gasteiger partial charge in [-0.3, -0.25) is 4.79 Å². The van der Waals surface area contributed by atoms with Gasteiger partial charge in [0.15, 0.2) is 0 Å².